The molecule has 0 saturated carbocycles. The smallest absolute Gasteiger partial charge is 0.257 e. The molecule has 1 amide bonds. The van der Waals surface area contributed by atoms with Gasteiger partial charge in [-0.3, -0.25) is 9.78 Å². The number of likely N-dealkylation sites (tertiary alicyclic amines) is 1. The molecule has 0 aromatic carbocycles. The van der Waals surface area contributed by atoms with Crippen LogP contribution in [0.3, 0.4) is 0 Å². The van der Waals surface area contributed by atoms with E-state index in [1.54, 1.807) is 29.4 Å². The number of hydrogen-bond acceptors (Lipinski definition) is 4. The number of furan rings is 1. The second kappa shape index (κ2) is 5.54. The summed E-state index contributed by atoms with van der Waals surface area (Å²) in [6.07, 6.45) is 6.85. The largest absolute Gasteiger partial charge is 0.487 e. The minimum absolute atomic E-state index is 0.0364. The lowest BCUT2D eigenvalue weighted by atomic mass is 10.3. The van der Waals surface area contributed by atoms with Gasteiger partial charge in [-0.25, -0.2) is 0 Å². The second-order valence-electron chi connectivity index (χ2n) is 4.60. The summed E-state index contributed by atoms with van der Waals surface area (Å²) >= 11 is 6.00. The molecule has 1 fully saturated rings. The zero-order valence-electron chi connectivity index (χ0n) is 10.7. The van der Waals surface area contributed by atoms with E-state index in [1.807, 2.05) is 0 Å². The summed E-state index contributed by atoms with van der Waals surface area (Å²) in [6.45, 7) is 1.21. The van der Waals surface area contributed by atoms with Gasteiger partial charge < -0.3 is 14.1 Å². The van der Waals surface area contributed by atoms with E-state index in [0.29, 0.717) is 29.4 Å². The molecule has 0 radical (unpaired) electrons. The van der Waals surface area contributed by atoms with Crippen molar-refractivity contribution in [2.75, 3.05) is 13.1 Å². The Hall–Kier alpha value is -2.01. The molecule has 1 saturated heterocycles. The average molecular weight is 293 g/mol. The van der Waals surface area contributed by atoms with Crippen molar-refractivity contribution in [2.24, 2.45) is 0 Å². The molecule has 3 heterocycles. The van der Waals surface area contributed by atoms with E-state index in [1.165, 1.54) is 12.5 Å². The predicted molar refractivity (Wildman–Crippen MR) is 72.9 cm³/mol. The second-order valence-corrected chi connectivity index (χ2v) is 5.01. The van der Waals surface area contributed by atoms with Crippen molar-refractivity contribution in [1.29, 1.82) is 0 Å². The molecule has 1 atom stereocenters. The average Bonchev–Trinajstić information content (AvgIpc) is 3.12. The van der Waals surface area contributed by atoms with Crippen LogP contribution >= 0.6 is 11.6 Å². The van der Waals surface area contributed by atoms with Crippen molar-refractivity contribution in [3.05, 3.63) is 47.6 Å². The van der Waals surface area contributed by atoms with Gasteiger partial charge in [0.05, 0.1) is 18.4 Å². The van der Waals surface area contributed by atoms with Crippen LogP contribution < -0.4 is 4.74 Å². The summed E-state index contributed by atoms with van der Waals surface area (Å²) < 4.78 is 10.7. The van der Waals surface area contributed by atoms with Gasteiger partial charge in [-0.2, -0.15) is 0 Å². The van der Waals surface area contributed by atoms with E-state index >= 15 is 0 Å². The molecule has 2 aromatic rings. The number of ether oxygens (including phenoxy) is 1. The molecule has 5 nitrogen and oxygen atoms in total. The van der Waals surface area contributed by atoms with Gasteiger partial charge in [-0.05, 0) is 6.07 Å². The van der Waals surface area contributed by atoms with Gasteiger partial charge >= 0.3 is 0 Å². The van der Waals surface area contributed by atoms with Gasteiger partial charge in [0, 0.05) is 31.4 Å². The predicted octanol–water partition coefficient (Wildman–Crippen LogP) is 2.62. The quantitative estimate of drug-likeness (QED) is 0.872. The molecular formula is C14H13ClN2O3. The summed E-state index contributed by atoms with van der Waals surface area (Å²) in [5.41, 5.74) is 0.563. The van der Waals surface area contributed by atoms with Gasteiger partial charge in [-0.1, -0.05) is 11.6 Å². The van der Waals surface area contributed by atoms with Crippen molar-refractivity contribution >= 4 is 17.5 Å². The molecule has 1 aliphatic rings. The molecule has 1 aliphatic heterocycles. The Morgan fingerprint density at radius 3 is 3.15 bits per heavy atom. The number of pyridine rings is 1. The molecule has 0 bridgehead atoms. The minimum Gasteiger partial charge on any atom is -0.487 e. The first-order chi connectivity index (χ1) is 9.74. The molecule has 0 N–H and O–H groups in total. The normalized spacial score (nSPS) is 18.2. The van der Waals surface area contributed by atoms with Crippen LogP contribution in [0, 0.1) is 0 Å². The van der Waals surface area contributed by atoms with Crippen LogP contribution in [0.1, 0.15) is 16.8 Å². The van der Waals surface area contributed by atoms with Crippen molar-refractivity contribution in [3.8, 4) is 5.75 Å². The van der Waals surface area contributed by atoms with E-state index in [0.717, 1.165) is 6.42 Å². The Balaban J connectivity index is 1.63. The third-order valence-electron chi connectivity index (χ3n) is 3.23. The molecule has 3 rings (SSSR count). The SMILES string of the molecule is O=C(c1ccoc1)N1CC[C@@H](Oc2ccncc2Cl)C1. The molecule has 0 spiro atoms. The van der Waals surface area contributed by atoms with Crippen LogP contribution in [0.15, 0.2) is 41.5 Å². The maximum atomic E-state index is 12.1. The third kappa shape index (κ3) is 2.63. The lowest BCUT2D eigenvalue weighted by molar-refractivity contribution is 0.0771. The zero-order chi connectivity index (χ0) is 13.9. The first kappa shape index (κ1) is 13.0. The third-order valence-corrected chi connectivity index (χ3v) is 3.51. The summed E-state index contributed by atoms with van der Waals surface area (Å²) in [6, 6.07) is 3.39. The van der Waals surface area contributed by atoms with Crippen LogP contribution in [0.2, 0.25) is 5.02 Å². The maximum absolute atomic E-state index is 12.1. The first-order valence-electron chi connectivity index (χ1n) is 6.31. The fourth-order valence-electron chi connectivity index (χ4n) is 2.22. The number of amides is 1. The Morgan fingerprint density at radius 1 is 1.50 bits per heavy atom. The van der Waals surface area contributed by atoms with Gasteiger partial charge in [-0.15, -0.1) is 0 Å². The number of carbonyl (C=O) groups excluding carboxylic acids is 1. The number of carbonyl (C=O) groups is 1. The van der Waals surface area contributed by atoms with Crippen molar-refractivity contribution < 1.29 is 13.9 Å². The molecule has 20 heavy (non-hydrogen) atoms. The number of hydrogen-bond donors (Lipinski definition) is 0. The Morgan fingerprint density at radius 2 is 2.40 bits per heavy atom. The van der Waals surface area contributed by atoms with Crippen LogP contribution in [-0.2, 0) is 0 Å². The standard InChI is InChI=1S/C14H13ClN2O3/c15-12-7-16-4-1-13(12)20-11-2-5-17(8-11)14(18)10-3-6-19-9-10/h1,3-4,6-7,9,11H,2,5,8H2/t11-/m1/s1. The molecular weight excluding hydrogens is 280 g/mol. The number of aromatic nitrogens is 1. The monoisotopic (exact) mass is 292 g/mol. The van der Waals surface area contributed by atoms with Gasteiger partial charge in [0.25, 0.3) is 5.91 Å². The maximum Gasteiger partial charge on any atom is 0.257 e. The molecule has 2 aromatic heterocycles. The Kier molecular flexibility index (Phi) is 3.60. The summed E-state index contributed by atoms with van der Waals surface area (Å²) in [5.74, 6) is 0.565. The first-order valence-corrected chi connectivity index (χ1v) is 6.69. The highest BCUT2D eigenvalue weighted by atomic mass is 35.5. The van der Waals surface area contributed by atoms with E-state index in [2.05, 4.69) is 4.98 Å². The Labute approximate surface area is 121 Å². The van der Waals surface area contributed by atoms with E-state index in [-0.39, 0.29) is 12.0 Å². The number of halogens is 1. The van der Waals surface area contributed by atoms with E-state index < -0.39 is 0 Å². The number of nitrogens with zero attached hydrogens (tertiary/aromatic N) is 2. The molecule has 0 aliphatic carbocycles. The fourth-order valence-corrected chi connectivity index (χ4v) is 2.38. The summed E-state index contributed by atoms with van der Waals surface area (Å²) in [7, 11) is 0. The van der Waals surface area contributed by atoms with Crippen LogP contribution in [0.5, 0.6) is 5.75 Å². The van der Waals surface area contributed by atoms with Crippen molar-refractivity contribution in [1.82, 2.24) is 9.88 Å². The van der Waals surface area contributed by atoms with Crippen LogP contribution in [0.25, 0.3) is 0 Å². The summed E-state index contributed by atoms with van der Waals surface area (Å²) in [5, 5.41) is 0.479. The van der Waals surface area contributed by atoms with Gasteiger partial charge in [0.15, 0.2) is 0 Å². The number of rotatable bonds is 3. The van der Waals surface area contributed by atoms with Gasteiger partial charge in [0.1, 0.15) is 23.1 Å². The Bertz CT molecular complexity index is 600. The zero-order valence-corrected chi connectivity index (χ0v) is 11.4. The lowest BCUT2D eigenvalue weighted by Gasteiger charge is -2.17. The summed E-state index contributed by atoms with van der Waals surface area (Å²) in [4.78, 5) is 17.8. The highest BCUT2D eigenvalue weighted by molar-refractivity contribution is 6.31. The van der Waals surface area contributed by atoms with Crippen LogP contribution in [-0.4, -0.2) is 35.0 Å². The van der Waals surface area contributed by atoms with Crippen LogP contribution in [0.4, 0.5) is 0 Å². The highest BCUT2D eigenvalue weighted by Gasteiger charge is 2.29. The lowest BCUT2D eigenvalue weighted by Crippen LogP contribution is -2.30. The highest BCUT2D eigenvalue weighted by Crippen LogP contribution is 2.26. The fraction of sp³-hybridized carbons (Fsp3) is 0.286. The molecule has 0 unspecified atom stereocenters. The van der Waals surface area contributed by atoms with Gasteiger partial charge in [0.2, 0.25) is 0 Å². The molecule has 6 heteroatoms. The van der Waals surface area contributed by atoms with E-state index in [9.17, 15) is 4.79 Å². The van der Waals surface area contributed by atoms with Crippen molar-refractivity contribution in [2.45, 2.75) is 12.5 Å². The topological polar surface area (TPSA) is 55.6 Å². The van der Waals surface area contributed by atoms with E-state index in [4.69, 9.17) is 20.8 Å². The molecule has 104 valence electrons. The minimum atomic E-state index is -0.0502. The van der Waals surface area contributed by atoms with Crippen molar-refractivity contribution in [3.63, 3.8) is 0 Å².